The van der Waals surface area contributed by atoms with Crippen LogP contribution in [0.4, 0.5) is 5.69 Å². The van der Waals surface area contributed by atoms with Crippen molar-refractivity contribution in [3.63, 3.8) is 0 Å². The Bertz CT molecular complexity index is 589. The fourth-order valence-corrected chi connectivity index (χ4v) is 2.32. The second-order valence-corrected chi connectivity index (χ2v) is 5.32. The summed E-state index contributed by atoms with van der Waals surface area (Å²) in [7, 11) is 0. The summed E-state index contributed by atoms with van der Waals surface area (Å²) in [6, 6.07) is 8.07. The van der Waals surface area contributed by atoms with Crippen LogP contribution in [0.2, 0.25) is 0 Å². The topological polar surface area (TPSA) is 36.4 Å². The fraction of sp³-hybridized carbons (Fsp3) is 0.143. The first kappa shape index (κ1) is 13.7. The summed E-state index contributed by atoms with van der Waals surface area (Å²) in [5.74, 6) is 0. The van der Waals surface area contributed by atoms with E-state index in [1.165, 1.54) is 11.1 Å². The summed E-state index contributed by atoms with van der Waals surface area (Å²) in [5, 5.41) is 11.7. The lowest BCUT2D eigenvalue weighted by Gasteiger charge is -2.11. The molecule has 0 fully saturated rings. The Balaban J connectivity index is 1.93. The second-order valence-electron chi connectivity index (χ2n) is 4.13. The van der Waals surface area contributed by atoms with E-state index in [1.54, 1.807) is 17.6 Å². The molecule has 0 spiro atoms. The van der Waals surface area contributed by atoms with E-state index >= 15 is 0 Å². The molecule has 0 saturated carbocycles. The maximum absolute atomic E-state index is 5.20. The molecule has 0 bridgehead atoms. The highest BCUT2D eigenvalue weighted by molar-refractivity contribution is 7.80. The van der Waals surface area contributed by atoms with Crippen molar-refractivity contribution in [2.45, 2.75) is 13.8 Å². The van der Waals surface area contributed by atoms with E-state index in [0.717, 1.165) is 11.3 Å². The average molecular weight is 289 g/mol. The average Bonchev–Trinajstić information content (AvgIpc) is 2.88. The minimum absolute atomic E-state index is 0.486. The van der Waals surface area contributed by atoms with Crippen LogP contribution in [-0.4, -0.2) is 11.3 Å². The van der Waals surface area contributed by atoms with Gasteiger partial charge in [0.2, 0.25) is 0 Å². The third-order valence-electron chi connectivity index (χ3n) is 2.78. The normalized spacial score (nSPS) is 10.6. The van der Waals surface area contributed by atoms with Crippen molar-refractivity contribution < 1.29 is 0 Å². The van der Waals surface area contributed by atoms with Gasteiger partial charge in [-0.1, -0.05) is 12.1 Å². The summed E-state index contributed by atoms with van der Waals surface area (Å²) in [6.07, 6.45) is 1.74. The number of anilines is 1. The van der Waals surface area contributed by atoms with Gasteiger partial charge in [0.15, 0.2) is 5.11 Å². The van der Waals surface area contributed by atoms with Crippen molar-refractivity contribution in [1.82, 2.24) is 5.43 Å². The van der Waals surface area contributed by atoms with Crippen molar-refractivity contribution in [2.75, 3.05) is 5.32 Å². The van der Waals surface area contributed by atoms with Gasteiger partial charge in [-0.05, 0) is 60.1 Å². The molecular weight excluding hydrogens is 274 g/mol. The lowest BCUT2D eigenvalue weighted by atomic mass is 10.1. The third kappa shape index (κ3) is 3.87. The Morgan fingerprint density at radius 1 is 1.32 bits per heavy atom. The molecule has 1 heterocycles. The maximum atomic E-state index is 5.20. The summed E-state index contributed by atoms with van der Waals surface area (Å²) in [5.41, 5.74) is 7.30. The first-order chi connectivity index (χ1) is 9.16. The van der Waals surface area contributed by atoms with Gasteiger partial charge in [-0.2, -0.15) is 16.4 Å². The summed E-state index contributed by atoms with van der Waals surface area (Å²) in [4.78, 5) is 0. The van der Waals surface area contributed by atoms with E-state index in [4.69, 9.17) is 12.2 Å². The number of rotatable bonds is 3. The number of hydrogen-bond donors (Lipinski definition) is 2. The molecule has 3 nitrogen and oxygen atoms in total. The molecule has 19 heavy (non-hydrogen) atoms. The summed E-state index contributed by atoms with van der Waals surface area (Å²) < 4.78 is 0. The van der Waals surface area contributed by atoms with Crippen molar-refractivity contribution >= 4 is 40.6 Å². The van der Waals surface area contributed by atoms with Crippen LogP contribution in [-0.2, 0) is 0 Å². The Morgan fingerprint density at radius 2 is 2.16 bits per heavy atom. The number of benzene rings is 1. The molecule has 1 aromatic heterocycles. The Labute approximate surface area is 122 Å². The molecule has 98 valence electrons. The molecule has 0 atom stereocenters. The van der Waals surface area contributed by atoms with Crippen LogP contribution in [0.3, 0.4) is 0 Å². The fourth-order valence-electron chi connectivity index (χ4n) is 1.55. The van der Waals surface area contributed by atoms with E-state index < -0.39 is 0 Å². The zero-order chi connectivity index (χ0) is 13.7. The third-order valence-corrected chi connectivity index (χ3v) is 3.67. The zero-order valence-electron chi connectivity index (χ0n) is 10.8. The van der Waals surface area contributed by atoms with Crippen LogP contribution in [0, 0.1) is 13.8 Å². The van der Waals surface area contributed by atoms with Crippen LogP contribution >= 0.6 is 23.6 Å². The number of thiophene rings is 1. The van der Waals surface area contributed by atoms with Crippen molar-refractivity contribution in [2.24, 2.45) is 5.10 Å². The van der Waals surface area contributed by atoms with Crippen LogP contribution in [0.25, 0.3) is 0 Å². The van der Waals surface area contributed by atoms with Gasteiger partial charge in [-0.3, -0.25) is 5.43 Å². The highest BCUT2D eigenvalue weighted by atomic mass is 32.1. The van der Waals surface area contributed by atoms with E-state index in [9.17, 15) is 0 Å². The number of nitrogens with one attached hydrogen (secondary N) is 2. The van der Waals surface area contributed by atoms with Gasteiger partial charge in [0.1, 0.15) is 0 Å². The molecule has 2 aromatic rings. The monoisotopic (exact) mass is 289 g/mol. The molecule has 2 rings (SSSR count). The highest BCUT2D eigenvalue weighted by Crippen LogP contribution is 2.17. The lowest BCUT2D eigenvalue weighted by Crippen LogP contribution is -2.24. The van der Waals surface area contributed by atoms with Gasteiger partial charge < -0.3 is 5.32 Å². The quantitative estimate of drug-likeness (QED) is 0.514. The zero-order valence-corrected chi connectivity index (χ0v) is 12.4. The molecule has 5 heteroatoms. The minimum atomic E-state index is 0.486. The molecule has 0 amide bonds. The van der Waals surface area contributed by atoms with Gasteiger partial charge in [0.05, 0.1) is 6.21 Å². The van der Waals surface area contributed by atoms with Gasteiger partial charge in [-0.25, -0.2) is 0 Å². The first-order valence-electron chi connectivity index (χ1n) is 5.85. The summed E-state index contributed by atoms with van der Waals surface area (Å²) in [6.45, 7) is 4.14. The van der Waals surface area contributed by atoms with Crippen molar-refractivity contribution in [3.8, 4) is 0 Å². The van der Waals surface area contributed by atoms with Crippen LogP contribution in [0.5, 0.6) is 0 Å². The Morgan fingerprint density at radius 3 is 2.89 bits per heavy atom. The van der Waals surface area contributed by atoms with Gasteiger partial charge in [-0.15, -0.1) is 0 Å². The van der Waals surface area contributed by atoms with Gasteiger partial charge in [0, 0.05) is 11.3 Å². The largest absolute Gasteiger partial charge is 0.331 e. The number of hydrazone groups is 1. The van der Waals surface area contributed by atoms with Crippen LogP contribution in [0.1, 0.15) is 16.7 Å². The van der Waals surface area contributed by atoms with Crippen LogP contribution in [0.15, 0.2) is 40.1 Å². The number of hydrogen-bond acceptors (Lipinski definition) is 3. The SMILES string of the molecule is Cc1cccc(NC(=S)N/N=C\c2ccsc2)c1C. The second kappa shape index (κ2) is 6.45. The lowest BCUT2D eigenvalue weighted by molar-refractivity contribution is 1.05. The Kier molecular flexibility index (Phi) is 4.65. The number of nitrogens with zero attached hydrogens (tertiary/aromatic N) is 1. The van der Waals surface area contributed by atoms with E-state index in [-0.39, 0.29) is 0 Å². The molecular formula is C14H15N3S2. The van der Waals surface area contributed by atoms with E-state index in [0.29, 0.717) is 5.11 Å². The Hall–Kier alpha value is -1.72. The molecule has 2 N–H and O–H groups in total. The first-order valence-corrected chi connectivity index (χ1v) is 7.20. The molecule has 0 aliphatic heterocycles. The molecule has 0 aliphatic carbocycles. The smallest absolute Gasteiger partial charge is 0.191 e. The molecule has 0 radical (unpaired) electrons. The van der Waals surface area contributed by atoms with Crippen molar-refractivity contribution in [3.05, 3.63) is 51.7 Å². The van der Waals surface area contributed by atoms with Crippen molar-refractivity contribution in [1.29, 1.82) is 0 Å². The van der Waals surface area contributed by atoms with Gasteiger partial charge in [0.25, 0.3) is 0 Å². The molecule has 0 aliphatic rings. The number of thiocarbonyl (C=S) groups is 1. The molecule has 1 aromatic carbocycles. The molecule has 0 unspecified atom stereocenters. The van der Waals surface area contributed by atoms with Gasteiger partial charge >= 0.3 is 0 Å². The maximum Gasteiger partial charge on any atom is 0.191 e. The predicted molar refractivity (Wildman–Crippen MR) is 87.2 cm³/mol. The van der Waals surface area contributed by atoms with E-state index in [1.807, 2.05) is 29.0 Å². The molecule has 0 saturated heterocycles. The minimum Gasteiger partial charge on any atom is -0.331 e. The van der Waals surface area contributed by atoms with E-state index in [2.05, 4.69) is 35.8 Å². The van der Waals surface area contributed by atoms with Crippen LogP contribution < -0.4 is 10.7 Å². The highest BCUT2D eigenvalue weighted by Gasteiger charge is 2.01. The standard InChI is InChI=1S/C14H15N3S2/c1-10-4-3-5-13(11(10)2)16-14(18)17-15-8-12-6-7-19-9-12/h3-9H,1-2H3,(H2,16,17,18)/b15-8-. The predicted octanol–water partition coefficient (Wildman–Crippen LogP) is 3.69. The number of aryl methyl sites for hydroxylation is 1. The summed E-state index contributed by atoms with van der Waals surface area (Å²) >= 11 is 6.84.